The molecule has 1 aromatic carbocycles. The molecule has 6 nitrogen and oxygen atoms in total. The fourth-order valence-corrected chi connectivity index (χ4v) is 6.09. The van der Waals surface area contributed by atoms with Gasteiger partial charge in [0.05, 0.1) is 23.5 Å². The first kappa shape index (κ1) is 21.3. The van der Waals surface area contributed by atoms with Crippen LogP contribution in [0.2, 0.25) is 0 Å². The molecule has 4 rings (SSSR count). The number of benzene rings is 1. The number of amides is 1. The van der Waals surface area contributed by atoms with Crippen molar-refractivity contribution in [2.75, 3.05) is 18.2 Å². The molecule has 8 heteroatoms. The number of rotatable bonds is 6. The van der Waals surface area contributed by atoms with Gasteiger partial charge in [-0.15, -0.1) is 11.8 Å². The summed E-state index contributed by atoms with van der Waals surface area (Å²) in [6.45, 7) is 2.13. The highest BCUT2D eigenvalue weighted by Gasteiger charge is 2.29. The van der Waals surface area contributed by atoms with Crippen LogP contribution in [0.15, 0.2) is 39.1 Å². The van der Waals surface area contributed by atoms with Crippen molar-refractivity contribution in [3.05, 3.63) is 40.3 Å². The number of anilines is 1. The van der Waals surface area contributed by atoms with Gasteiger partial charge in [0.15, 0.2) is 5.16 Å². The quantitative estimate of drug-likeness (QED) is 0.520. The lowest BCUT2D eigenvalue weighted by Gasteiger charge is -2.26. The van der Waals surface area contributed by atoms with Gasteiger partial charge >= 0.3 is 0 Å². The Hall–Kier alpha value is -1.93. The molecule has 2 aliphatic rings. The van der Waals surface area contributed by atoms with E-state index in [9.17, 15) is 9.59 Å². The van der Waals surface area contributed by atoms with Crippen molar-refractivity contribution >= 4 is 35.1 Å². The van der Waals surface area contributed by atoms with Crippen LogP contribution in [0.3, 0.4) is 0 Å². The number of carbonyl (C=O) groups excluding carboxylic acids is 1. The molecule has 0 bridgehead atoms. The monoisotopic (exact) mass is 445 g/mol. The Kier molecular flexibility index (Phi) is 6.73. The highest BCUT2D eigenvalue weighted by molar-refractivity contribution is 8.00. The molecule has 1 aliphatic carbocycles. The number of aromatic nitrogens is 2. The van der Waals surface area contributed by atoms with Gasteiger partial charge in [0.2, 0.25) is 5.91 Å². The lowest BCUT2D eigenvalue weighted by Crippen LogP contribution is -2.30. The summed E-state index contributed by atoms with van der Waals surface area (Å²) < 4.78 is 7.09. The van der Waals surface area contributed by atoms with Crippen LogP contribution in [0.25, 0.3) is 0 Å². The minimum atomic E-state index is -0.124. The molecule has 30 heavy (non-hydrogen) atoms. The molecule has 2 heterocycles. The van der Waals surface area contributed by atoms with E-state index < -0.39 is 0 Å². The molecule has 1 N–H and O–H groups in total. The van der Waals surface area contributed by atoms with Crippen LogP contribution in [0.1, 0.15) is 50.8 Å². The molecule has 1 aliphatic heterocycles. The van der Waals surface area contributed by atoms with Crippen molar-refractivity contribution in [3.63, 3.8) is 0 Å². The van der Waals surface area contributed by atoms with E-state index >= 15 is 0 Å². The first-order valence-corrected chi connectivity index (χ1v) is 12.3. The third kappa shape index (κ3) is 4.70. The largest absolute Gasteiger partial charge is 0.497 e. The van der Waals surface area contributed by atoms with E-state index in [1.807, 2.05) is 22.8 Å². The Bertz CT molecular complexity index is 986. The highest BCUT2D eigenvalue weighted by atomic mass is 32.2. The molecule has 1 aromatic heterocycles. The second kappa shape index (κ2) is 9.47. The standard InChI is InChI=1S/C22H27N3O3S2/c1-14-11-18-20(30-14)21(27)25(16-8-4-3-5-9-16)22(24-18)29-13-19(26)23-15-7-6-10-17(12-15)28-2/h6-7,10,12,14,16H,3-5,8-9,11,13H2,1-2H3,(H,23,26). The average molecular weight is 446 g/mol. The van der Waals surface area contributed by atoms with Crippen LogP contribution in [-0.4, -0.2) is 33.6 Å². The van der Waals surface area contributed by atoms with E-state index in [0.717, 1.165) is 42.7 Å². The maximum Gasteiger partial charge on any atom is 0.268 e. The summed E-state index contributed by atoms with van der Waals surface area (Å²) >= 11 is 3.00. The summed E-state index contributed by atoms with van der Waals surface area (Å²) in [7, 11) is 1.60. The maximum absolute atomic E-state index is 13.3. The van der Waals surface area contributed by atoms with Gasteiger partial charge in [-0.1, -0.05) is 44.0 Å². The Labute approximate surface area is 185 Å². The van der Waals surface area contributed by atoms with Crippen molar-refractivity contribution < 1.29 is 9.53 Å². The molecule has 0 radical (unpaired) electrons. The molecule has 1 amide bonds. The lowest BCUT2D eigenvalue weighted by atomic mass is 9.95. The number of nitrogens with zero attached hydrogens (tertiary/aromatic N) is 2. The highest BCUT2D eigenvalue weighted by Crippen LogP contribution is 2.37. The predicted molar refractivity (Wildman–Crippen MR) is 122 cm³/mol. The summed E-state index contributed by atoms with van der Waals surface area (Å²) in [6, 6.07) is 7.47. The molecule has 1 unspecified atom stereocenters. The van der Waals surface area contributed by atoms with E-state index in [1.54, 1.807) is 24.9 Å². The van der Waals surface area contributed by atoms with Crippen molar-refractivity contribution in [3.8, 4) is 5.75 Å². The Balaban J connectivity index is 1.54. The van der Waals surface area contributed by atoms with E-state index in [2.05, 4.69) is 12.2 Å². The van der Waals surface area contributed by atoms with Crippen molar-refractivity contribution in [2.45, 2.75) is 66.8 Å². The zero-order chi connectivity index (χ0) is 21.1. The number of carbonyl (C=O) groups is 1. The Morgan fingerprint density at radius 3 is 2.90 bits per heavy atom. The predicted octanol–water partition coefficient (Wildman–Crippen LogP) is 4.52. The molecular formula is C22H27N3O3S2. The molecule has 0 spiro atoms. The van der Waals surface area contributed by atoms with E-state index in [0.29, 0.717) is 21.8 Å². The van der Waals surface area contributed by atoms with Crippen LogP contribution in [0, 0.1) is 0 Å². The van der Waals surface area contributed by atoms with Gasteiger partial charge in [0.1, 0.15) is 5.75 Å². The smallest absolute Gasteiger partial charge is 0.268 e. The minimum Gasteiger partial charge on any atom is -0.497 e. The molecule has 160 valence electrons. The van der Waals surface area contributed by atoms with Gasteiger partial charge in [0.25, 0.3) is 5.56 Å². The van der Waals surface area contributed by atoms with Crippen molar-refractivity contribution in [1.29, 1.82) is 0 Å². The number of hydrogen-bond acceptors (Lipinski definition) is 6. The third-order valence-electron chi connectivity index (χ3n) is 5.54. The summed E-state index contributed by atoms with van der Waals surface area (Å²) in [6.07, 6.45) is 6.32. The number of nitrogens with one attached hydrogen (secondary N) is 1. The lowest BCUT2D eigenvalue weighted by molar-refractivity contribution is -0.113. The summed E-state index contributed by atoms with van der Waals surface area (Å²) in [5, 5.41) is 3.95. The average Bonchev–Trinajstić information content (AvgIpc) is 3.13. The SMILES string of the molecule is COc1cccc(NC(=O)CSc2nc3c(c(=O)n2C2CCCCC2)SC(C)C3)c1. The van der Waals surface area contributed by atoms with Gasteiger partial charge in [-0.2, -0.15) is 0 Å². The van der Waals surface area contributed by atoms with E-state index in [1.165, 1.54) is 18.2 Å². The van der Waals surface area contributed by atoms with Crippen LogP contribution < -0.4 is 15.6 Å². The van der Waals surface area contributed by atoms with Crippen LogP contribution in [-0.2, 0) is 11.2 Å². The number of hydrogen-bond donors (Lipinski definition) is 1. The van der Waals surface area contributed by atoms with E-state index in [-0.39, 0.29) is 23.3 Å². The van der Waals surface area contributed by atoms with Crippen molar-refractivity contribution in [1.82, 2.24) is 9.55 Å². The van der Waals surface area contributed by atoms with Gasteiger partial charge in [-0.3, -0.25) is 14.2 Å². The molecular weight excluding hydrogens is 418 g/mol. The first-order valence-electron chi connectivity index (χ1n) is 10.4. The van der Waals surface area contributed by atoms with Crippen molar-refractivity contribution in [2.24, 2.45) is 0 Å². The van der Waals surface area contributed by atoms with Gasteiger partial charge in [0, 0.05) is 29.5 Å². The molecule has 0 saturated heterocycles. The second-order valence-electron chi connectivity index (χ2n) is 7.84. The number of thioether (sulfide) groups is 2. The topological polar surface area (TPSA) is 73.2 Å². The first-order chi connectivity index (χ1) is 14.5. The summed E-state index contributed by atoms with van der Waals surface area (Å²) in [5.41, 5.74) is 1.66. The molecule has 2 aromatic rings. The number of methoxy groups -OCH3 is 1. The summed E-state index contributed by atoms with van der Waals surface area (Å²) in [4.78, 5) is 31.5. The normalized spacial score (nSPS) is 18.8. The summed E-state index contributed by atoms with van der Waals surface area (Å²) in [5.74, 6) is 0.775. The number of fused-ring (bicyclic) bond motifs is 1. The zero-order valence-corrected chi connectivity index (χ0v) is 19.0. The fraction of sp³-hybridized carbons (Fsp3) is 0.500. The van der Waals surface area contributed by atoms with Gasteiger partial charge < -0.3 is 10.1 Å². The maximum atomic E-state index is 13.3. The van der Waals surface area contributed by atoms with Gasteiger partial charge in [-0.05, 0) is 25.0 Å². The van der Waals surface area contributed by atoms with Crippen LogP contribution in [0.4, 0.5) is 5.69 Å². The molecule has 1 saturated carbocycles. The Morgan fingerprint density at radius 1 is 1.33 bits per heavy atom. The van der Waals surface area contributed by atoms with Crippen LogP contribution >= 0.6 is 23.5 Å². The van der Waals surface area contributed by atoms with Gasteiger partial charge in [-0.25, -0.2) is 4.98 Å². The fourth-order valence-electron chi connectivity index (χ4n) is 4.10. The number of ether oxygens (including phenoxy) is 1. The molecule has 1 fully saturated rings. The molecule has 1 atom stereocenters. The Morgan fingerprint density at radius 2 is 2.13 bits per heavy atom. The van der Waals surface area contributed by atoms with E-state index in [4.69, 9.17) is 9.72 Å². The second-order valence-corrected chi connectivity index (χ2v) is 10.2. The minimum absolute atomic E-state index is 0.0805. The van der Waals surface area contributed by atoms with Crippen LogP contribution in [0.5, 0.6) is 5.75 Å². The zero-order valence-electron chi connectivity index (χ0n) is 17.3. The third-order valence-corrected chi connectivity index (χ3v) is 7.71.